The predicted molar refractivity (Wildman–Crippen MR) is 177 cm³/mol. The number of esters is 1. The number of cyclic esters (lactones) is 1. The van der Waals surface area contributed by atoms with E-state index in [0.717, 1.165) is 34.1 Å². The van der Waals surface area contributed by atoms with Gasteiger partial charge in [0.15, 0.2) is 0 Å². The largest absolute Gasteiger partial charge is 0.459 e. The van der Waals surface area contributed by atoms with Gasteiger partial charge in [-0.25, -0.2) is 0 Å². The number of aromatic nitrogens is 1. The number of carbonyl (C=O) groups excluding carboxylic acids is 2. The van der Waals surface area contributed by atoms with Crippen molar-refractivity contribution in [2.45, 2.75) is 51.0 Å². The zero-order valence-electron chi connectivity index (χ0n) is 26.0. The van der Waals surface area contributed by atoms with Gasteiger partial charge in [-0.3, -0.25) is 9.59 Å². The third kappa shape index (κ3) is 4.58. The van der Waals surface area contributed by atoms with Crippen molar-refractivity contribution in [3.63, 3.8) is 0 Å². The average molecular weight is 611 g/mol. The minimum absolute atomic E-state index is 0.0126. The topological polar surface area (TPSA) is 60.8 Å². The first kappa shape index (κ1) is 28.8. The maximum Gasteiger partial charge on any atom is 0.314 e. The number of piperidine rings is 1. The summed E-state index contributed by atoms with van der Waals surface area (Å²) in [7, 11) is 0. The van der Waals surface area contributed by atoms with Crippen molar-refractivity contribution in [2.75, 3.05) is 13.2 Å². The zero-order chi connectivity index (χ0) is 31.3. The van der Waals surface area contributed by atoms with Gasteiger partial charge < -0.3 is 18.9 Å². The zero-order valence-corrected chi connectivity index (χ0v) is 26.0. The highest BCUT2D eigenvalue weighted by Crippen LogP contribution is 2.62. The number of carbonyl (C=O) groups is 2. The van der Waals surface area contributed by atoms with Crippen LogP contribution in [0.3, 0.4) is 0 Å². The second-order valence-electron chi connectivity index (χ2n) is 13.0. The van der Waals surface area contributed by atoms with Gasteiger partial charge in [-0.15, -0.1) is 0 Å². The number of nitrogens with zero attached hydrogens (tertiary/aromatic N) is 2. The molecule has 6 heteroatoms. The molecule has 3 aliphatic rings. The number of rotatable bonds is 8. The quantitative estimate of drug-likeness (QED) is 0.171. The van der Waals surface area contributed by atoms with Crippen molar-refractivity contribution in [3.8, 4) is 0 Å². The van der Waals surface area contributed by atoms with Crippen LogP contribution in [0.2, 0.25) is 0 Å². The number of likely N-dealkylation sites (tertiary alicyclic amines) is 1. The Bertz CT molecular complexity index is 1890. The highest BCUT2D eigenvalue weighted by Gasteiger charge is 2.64. The van der Waals surface area contributed by atoms with E-state index in [1.807, 2.05) is 72.8 Å². The summed E-state index contributed by atoms with van der Waals surface area (Å²) in [5, 5.41) is 1.07. The Morgan fingerprint density at radius 2 is 1.52 bits per heavy atom. The van der Waals surface area contributed by atoms with Crippen molar-refractivity contribution in [3.05, 3.63) is 143 Å². The summed E-state index contributed by atoms with van der Waals surface area (Å²) >= 11 is 0. The molecule has 5 unspecified atom stereocenters. The molecule has 1 aliphatic carbocycles. The fourth-order valence-corrected chi connectivity index (χ4v) is 8.62. The molecule has 1 aromatic heterocycles. The van der Waals surface area contributed by atoms with Gasteiger partial charge in [0, 0.05) is 40.7 Å². The Morgan fingerprint density at radius 1 is 0.870 bits per heavy atom. The molecule has 4 aromatic carbocycles. The normalized spacial score (nSPS) is 24.8. The molecule has 46 heavy (non-hydrogen) atoms. The van der Waals surface area contributed by atoms with Crippen molar-refractivity contribution >= 4 is 22.8 Å². The number of fused-ring (bicyclic) bond motifs is 6. The van der Waals surface area contributed by atoms with E-state index in [1.54, 1.807) is 0 Å². The molecule has 5 atom stereocenters. The minimum Gasteiger partial charge on any atom is -0.459 e. The van der Waals surface area contributed by atoms with E-state index in [-0.39, 0.29) is 23.8 Å². The summed E-state index contributed by atoms with van der Waals surface area (Å²) in [6.45, 7) is 4.07. The monoisotopic (exact) mass is 610 g/mol. The van der Waals surface area contributed by atoms with Crippen LogP contribution in [0.1, 0.15) is 64.5 Å². The Morgan fingerprint density at radius 3 is 2.24 bits per heavy atom. The summed E-state index contributed by atoms with van der Waals surface area (Å²) in [5.41, 5.74) is 5.66. The van der Waals surface area contributed by atoms with E-state index in [4.69, 9.17) is 9.47 Å². The van der Waals surface area contributed by atoms with Crippen molar-refractivity contribution in [1.29, 1.82) is 0 Å². The third-order valence-corrected chi connectivity index (χ3v) is 10.8. The fourth-order valence-electron chi connectivity index (χ4n) is 8.62. The highest BCUT2D eigenvalue weighted by atomic mass is 16.6. The molecule has 0 spiro atoms. The van der Waals surface area contributed by atoms with E-state index in [2.05, 4.69) is 58.9 Å². The lowest BCUT2D eigenvalue weighted by Crippen LogP contribution is -2.65. The van der Waals surface area contributed by atoms with Gasteiger partial charge in [0.05, 0.1) is 25.2 Å². The van der Waals surface area contributed by atoms with Gasteiger partial charge in [0.1, 0.15) is 6.10 Å². The second-order valence-corrected chi connectivity index (χ2v) is 13.0. The summed E-state index contributed by atoms with van der Waals surface area (Å²) in [4.78, 5) is 30.9. The van der Waals surface area contributed by atoms with Gasteiger partial charge in [-0.05, 0) is 53.6 Å². The van der Waals surface area contributed by atoms with E-state index >= 15 is 0 Å². The fraction of sp³-hybridized carbons (Fsp3) is 0.300. The van der Waals surface area contributed by atoms with E-state index in [9.17, 15) is 9.59 Å². The molecule has 2 fully saturated rings. The molecular formula is C40H38N2O4. The van der Waals surface area contributed by atoms with E-state index < -0.39 is 17.4 Å². The van der Waals surface area contributed by atoms with Crippen molar-refractivity contribution in [2.24, 2.45) is 11.3 Å². The number of hydrogen-bond donors (Lipinski definition) is 0. The average Bonchev–Trinajstić information content (AvgIpc) is 3.43. The smallest absolute Gasteiger partial charge is 0.314 e. The molecule has 8 rings (SSSR count). The molecule has 0 radical (unpaired) electrons. The van der Waals surface area contributed by atoms with Gasteiger partial charge in [-0.1, -0.05) is 104 Å². The third-order valence-electron chi connectivity index (χ3n) is 10.8. The van der Waals surface area contributed by atoms with Gasteiger partial charge >= 0.3 is 5.97 Å². The van der Waals surface area contributed by atoms with Crippen LogP contribution in [-0.2, 0) is 27.4 Å². The summed E-state index contributed by atoms with van der Waals surface area (Å²) < 4.78 is 15.1. The maximum absolute atomic E-state index is 14.6. The molecule has 5 aromatic rings. The van der Waals surface area contributed by atoms with Gasteiger partial charge in [0.2, 0.25) is 0 Å². The molecule has 2 aliphatic heterocycles. The van der Waals surface area contributed by atoms with Crippen LogP contribution < -0.4 is 0 Å². The van der Waals surface area contributed by atoms with Crippen LogP contribution in [0.4, 0.5) is 0 Å². The number of ether oxygens (including phenoxy) is 2. The standard InChI is InChI=1S/C40H38N2O4/c1-2-40-26-42(38(43)29-18-10-5-11-19-29)33-22-31(40)36(39(44)46-34(40)25-45-24-28-16-8-4-9-17-28)35-30-20-12-13-21-32(30)41(37(33)35)23-27-14-6-3-7-15-27/h3-21,31,33-34,36H,2,22-26H2,1H3. The Hall–Kier alpha value is -4.68. The molecule has 2 saturated heterocycles. The molecule has 6 nitrogen and oxygen atoms in total. The van der Waals surface area contributed by atoms with Crippen LogP contribution >= 0.6 is 0 Å². The van der Waals surface area contributed by atoms with Crippen LogP contribution in [-0.4, -0.2) is 40.6 Å². The van der Waals surface area contributed by atoms with Crippen molar-refractivity contribution < 1.29 is 19.1 Å². The maximum atomic E-state index is 14.6. The van der Waals surface area contributed by atoms with E-state index in [0.29, 0.717) is 38.3 Å². The molecule has 2 bridgehead atoms. The highest BCUT2D eigenvalue weighted by molar-refractivity contribution is 5.97. The van der Waals surface area contributed by atoms with Crippen LogP contribution in [0.15, 0.2) is 115 Å². The lowest BCUT2D eigenvalue weighted by molar-refractivity contribution is -0.204. The van der Waals surface area contributed by atoms with Gasteiger partial charge in [-0.2, -0.15) is 0 Å². The first-order valence-electron chi connectivity index (χ1n) is 16.4. The molecule has 3 heterocycles. The lowest BCUT2D eigenvalue weighted by Gasteiger charge is -2.60. The first-order valence-corrected chi connectivity index (χ1v) is 16.4. The molecule has 0 N–H and O–H groups in total. The van der Waals surface area contributed by atoms with Crippen molar-refractivity contribution in [1.82, 2.24) is 9.47 Å². The van der Waals surface area contributed by atoms with Crippen LogP contribution in [0.5, 0.6) is 0 Å². The molecular weight excluding hydrogens is 572 g/mol. The van der Waals surface area contributed by atoms with E-state index in [1.165, 1.54) is 5.56 Å². The Balaban J connectivity index is 1.27. The Kier molecular flexibility index (Phi) is 7.25. The Labute approximate surface area is 269 Å². The number of amides is 1. The summed E-state index contributed by atoms with van der Waals surface area (Å²) in [6, 6.07) is 38.3. The molecule has 1 amide bonds. The molecule has 232 valence electrons. The molecule has 0 saturated carbocycles. The SMILES string of the molecule is CCC12CN(C(=O)c3ccccc3)C3CC1C(C(=O)OC2COCc1ccccc1)c1c3n(Cc2ccccc2)c2ccccc12. The summed E-state index contributed by atoms with van der Waals surface area (Å²) in [6.07, 6.45) is 1.02. The second kappa shape index (κ2) is 11.6. The van der Waals surface area contributed by atoms with Crippen LogP contribution in [0, 0.1) is 11.3 Å². The number of hydrogen-bond acceptors (Lipinski definition) is 4. The minimum atomic E-state index is -0.457. The van der Waals surface area contributed by atoms with Crippen LogP contribution in [0.25, 0.3) is 10.9 Å². The predicted octanol–water partition coefficient (Wildman–Crippen LogP) is 7.53. The summed E-state index contributed by atoms with van der Waals surface area (Å²) in [5.74, 6) is -0.531. The number of benzene rings is 4. The van der Waals surface area contributed by atoms with Gasteiger partial charge in [0.25, 0.3) is 5.91 Å². The first-order chi connectivity index (χ1) is 22.6. The lowest BCUT2D eigenvalue weighted by atomic mass is 9.54. The number of para-hydroxylation sites is 1.